The zero-order valence-electron chi connectivity index (χ0n) is 8.20. The third-order valence-electron chi connectivity index (χ3n) is 1.80. The molecule has 1 aromatic rings. The number of nitrogens with zero attached hydrogens (tertiary/aromatic N) is 2. The molecule has 0 aliphatic carbocycles. The molecule has 0 aromatic carbocycles. The first-order valence-corrected chi connectivity index (χ1v) is 4.79. The van der Waals surface area contributed by atoms with E-state index in [4.69, 9.17) is 18.0 Å². The first-order chi connectivity index (χ1) is 7.17. The Morgan fingerprint density at radius 1 is 1.67 bits per heavy atom. The van der Waals surface area contributed by atoms with Crippen LogP contribution >= 0.6 is 11.6 Å². The van der Waals surface area contributed by atoms with Gasteiger partial charge in [-0.15, -0.1) is 6.42 Å². The van der Waals surface area contributed by atoms with Crippen molar-refractivity contribution in [3.63, 3.8) is 0 Å². The molecule has 0 saturated carbocycles. The van der Waals surface area contributed by atoms with Gasteiger partial charge in [-0.3, -0.25) is 4.79 Å². The van der Waals surface area contributed by atoms with Crippen LogP contribution in [-0.2, 0) is 0 Å². The lowest BCUT2D eigenvalue weighted by atomic mass is 10.2. The summed E-state index contributed by atoms with van der Waals surface area (Å²) in [7, 11) is 0. The SMILES string of the molecule is C#CC(CC)NC(=O)c1cnc(Cl)nc1. The minimum atomic E-state index is -0.295. The molecule has 1 atom stereocenters. The number of aromatic nitrogens is 2. The van der Waals surface area contributed by atoms with Crippen molar-refractivity contribution >= 4 is 17.5 Å². The fraction of sp³-hybridized carbons (Fsp3) is 0.300. The van der Waals surface area contributed by atoms with Crippen molar-refractivity contribution in [1.82, 2.24) is 15.3 Å². The Labute approximate surface area is 93.1 Å². The quantitative estimate of drug-likeness (QED) is 0.620. The van der Waals surface area contributed by atoms with E-state index < -0.39 is 0 Å². The number of hydrogen-bond donors (Lipinski definition) is 1. The Morgan fingerprint density at radius 3 is 2.73 bits per heavy atom. The van der Waals surface area contributed by atoms with Gasteiger partial charge in [-0.1, -0.05) is 12.8 Å². The highest BCUT2D eigenvalue weighted by Gasteiger charge is 2.10. The number of carbonyl (C=O) groups excluding carboxylic acids is 1. The second-order valence-corrected chi connectivity index (χ2v) is 3.18. The normalized spacial score (nSPS) is 11.5. The van der Waals surface area contributed by atoms with Crippen molar-refractivity contribution in [3.8, 4) is 12.3 Å². The molecule has 0 aliphatic heterocycles. The Bertz CT molecular complexity index is 383. The topological polar surface area (TPSA) is 54.9 Å². The van der Waals surface area contributed by atoms with Crippen LogP contribution in [0.5, 0.6) is 0 Å². The van der Waals surface area contributed by atoms with Crippen LogP contribution in [0.25, 0.3) is 0 Å². The number of terminal acetylenes is 1. The van der Waals surface area contributed by atoms with Gasteiger partial charge in [0.1, 0.15) is 0 Å². The lowest BCUT2D eigenvalue weighted by molar-refractivity contribution is 0.0944. The Kier molecular flexibility index (Phi) is 4.07. The molecule has 1 N–H and O–H groups in total. The smallest absolute Gasteiger partial charge is 0.255 e. The average Bonchev–Trinajstić information content (AvgIpc) is 2.26. The van der Waals surface area contributed by atoms with E-state index in [1.165, 1.54) is 12.4 Å². The van der Waals surface area contributed by atoms with Gasteiger partial charge in [0.25, 0.3) is 5.91 Å². The highest BCUT2D eigenvalue weighted by molar-refractivity contribution is 6.28. The van der Waals surface area contributed by atoms with Crippen LogP contribution in [-0.4, -0.2) is 21.9 Å². The second kappa shape index (κ2) is 5.32. The second-order valence-electron chi connectivity index (χ2n) is 2.84. The van der Waals surface area contributed by atoms with E-state index in [0.717, 1.165) is 0 Å². The summed E-state index contributed by atoms with van der Waals surface area (Å²) in [5.41, 5.74) is 0.341. The molecule has 0 saturated heterocycles. The van der Waals surface area contributed by atoms with Crippen LogP contribution < -0.4 is 5.32 Å². The Hall–Kier alpha value is -1.60. The molecule has 1 amide bonds. The van der Waals surface area contributed by atoms with Crippen LogP contribution in [0.15, 0.2) is 12.4 Å². The lowest BCUT2D eigenvalue weighted by Gasteiger charge is -2.09. The van der Waals surface area contributed by atoms with Crippen molar-refractivity contribution in [1.29, 1.82) is 0 Å². The molecule has 78 valence electrons. The summed E-state index contributed by atoms with van der Waals surface area (Å²) in [6.45, 7) is 1.89. The summed E-state index contributed by atoms with van der Waals surface area (Å²) < 4.78 is 0. The van der Waals surface area contributed by atoms with Crippen LogP contribution in [0.2, 0.25) is 5.28 Å². The fourth-order valence-corrected chi connectivity index (χ4v) is 1.03. The van der Waals surface area contributed by atoms with Crippen molar-refractivity contribution < 1.29 is 4.79 Å². The van der Waals surface area contributed by atoms with Gasteiger partial charge in [0.2, 0.25) is 5.28 Å². The molecule has 1 unspecified atom stereocenters. The van der Waals surface area contributed by atoms with Gasteiger partial charge in [0.15, 0.2) is 0 Å². The standard InChI is InChI=1S/C10H10ClN3O/c1-3-8(4-2)14-9(15)7-5-12-10(11)13-6-7/h1,5-6,8H,4H2,2H3,(H,14,15). The summed E-state index contributed by atoms with van der Waals surface area (Å²) in [5, 5.41) is 2.76. The van der Waals surface area contributed by atoms with Crippen LogP contribution in [0.4, 0.5) is 0 Å². The summed E-state index contributed by atoms with van der Waals surface area (Å²) in [5.74, 6) is 2.17. The lowest BCUT2D eigenvalue weighted by Crippen LogP contribution is -2.33. The number of rotatable bonds is 3. The molecule has 15 heavy (non-hydrogen) atoms. The zero-order chi connectivity index (χ0) is 11.3. The highest BCUT2D eigenvalue weighted by Crippen LogP contribution is 2.01. The van der Waals surface area contributed by atoms with Crippen molar-refractivity contribution in [2.45, 2.75) is 19.4 Å². The summed E-state index contributed by atoms with van der Waals surface area (Å²) >= 11 is 5.49. The maximum Gasteiger partial charge on any atom is 0.255 e. The van der Waals surface area contributed by atoms with Crippen molar-refractivity contribution in [2.24, 2.45) is 0 Å². The third-order valence-corrected chi connectivity index (χ3v) is 1.99. The third kappa shape index (κ3) is 3.22. The molecule has 0 radical (unpaired) electrons. The van der Waals surface area contributed by atoms with Crippen molar-refractivity contribution in [2.75, 3.05) is 0 Å². The van der Waals surface area contributed by atoms with E-state index in [2.05, 4.69) is 21.2 Å². The summed E-state index contributed by atoms with van der Waals surface area (Å²) in [6, 6.07) is -0.270. The van der Waals surface area contributed by atoms with Gasteiger partial charge in [-0.25, -0.2) is 9.97 Å². The predicted molar refractivity (Wildman–Crippen MR) is 57.4 cm³/mol. The molecule has 0 spiro atoms. The number of halogens is 1. The molecule has 5 heteroatoms. The Balaban J connectivity index is 2.70. The van der Waals surface area contributed by atoms with E-state index in [-0.39, 0.29) is 17.2 Å². The molecular weight excluding hydrogens is 214 g/mol. The predicted octanol–water partition coefficient (Wildman–Crippen LogP) is 1.27. The van der Waals surface area contributed by atoms with E-state index in [1.807, 2.05) is 6.92 Å². The molecule has 1 heterocycles. The molecule has 0 bridgehead atoms. The first-order valence-electron chi connectivity index (χ1n) is 4.42. The number of amides is 1. The molecule has 0 aliphatic rings. The molecule has 0 fully saturated rings. The van der Waals surface area contributed by atoms with Crippen molar-refractivity contribution in [3.05, 3.63) is 23.2 Å². The monoisotopic (exact) mass is 223 g/mol. The number of nitrogens with one attached hydrogen (secondary N) is 1. The minimum absolute atomic E-state index is 0.107. The number of hydrogen-bond acceptors (Lipinski definition) is 3. The maximum absolute atomic E-state index is 11.6. The average molecular weight is 224 g/mol. The van der Waals surface area contributed by atoms with Gasteiger partial charge in [0.05, 0.1) is 11.6 Å². The highest BCUT2D eigenvalue weighted by atomic mass is 35.5. The van der Waals surface area contributed by atoms with Gasteiger partial charge in [-0.05, 0) is 18.0 Å². The first kappa shape index (κ1) is 11.5. The molecule has 4 nitrogen and oxygen atoms in total. The van der Waals surface area contributed by atoms with Gasteiger partial charge in [0, 0.05) is 12.4 Å². The van der Waals surface area contributed by atoms with Gasteiger partial charge < -0.3 is 5.32 Å². The molecule has 1 aromatic heterocycles. The fourth-order valence-electron chi connectivity index (χ4n) is 0.933. The summed E-state index contributed by atoms with van der Waals surface area (Å²) in [4.78, 5) is 19.0. The van der Waals surface area contributed by atoms with E-state index in [0.29, 0.717) is 12.0 Å². The Morgan fingerprint density at radius 2 is 2.27 bits per heavy atom. The molecule has 1 rings (SSSR count). The summed E-state index contributed by atoms with van der Waals surface area (Å²) in [6.07, 6.45) is 8.60. The molecular formula is C10H10ClN3O. The number of carbonyl (C=O) groups is 1. The van der Waals surface area contributed by atoms with Gasteiger partial charge >= 0.3 is 0 Å². The van der Waals surface area contributed by atoms with Crippen LogP contribution in [0.3, 0.4) is 0 Å². The van der Waals surface area contributed by atoms with Crippen LogP contribution in [0.1, 0.15) is 23.7 Å². The van der Waals surface area contributed by atoms with E-state index in [1.54, 1.807) is 0 Å². The maximum atomic E-state index is 11.6. The van der Waals surface area contributed by atoms with Gasteiger partial charge in [-0.2, -0.15) is 0 Å². The minimum Gasteiger partial charge on any atom is -0.338 e. The zero-order valence-corrected chi connectivity index (χ0v) is 8.95. The van der Waals surface area contributed by atoms with E-state index in [9.17, 15) is 4.79 Å². The van der Waals surface area contributed by atoms with E-state index >= 15 is 0 Å². The van der Waals surface area contributed by atoms with Crippen LogP contribution in [0, 0.1) is 12.3 Å². The largest absolute Gasteiger partial charge is 0.338 e.